The third kappa shape index (κ3) is 3.27. The van der Waals surface area contributed by atoms with Gasteiger partial charge in [-0.05, 0) is 26.4 Å². The van der Waals surface area contributed by atoms with Crippen molar-refractivity contribution in [2.24, 2.45) is 0 Å². The van der Waals surface area contributed by atoms with Crippen molar-refractivity contribution in [3.05, 3.63) is 43.2 Å². The lowest BCUT2D eigenvalue weighted by Gasteiger charge is -2.24. The molecule has 2 aromatic rings. The van der Waals surface area contributed by atoms with E-state index in [1.54, 1.807) is 23.5 Å². The zero-order chi connectivity index (χ0) is 18.4. The maximum absolute atomic E-state index is 12.7. The van der Waals surface area contributed by atoms with Crippen LogP contribution in [0.4, 0.5) is 0 Å². The Labute approximate surface area is 152 Å². The van der Waals surface area contributed by atoms with Crippen molar-refractivity contribution in [1.29, 1.82) is 0 Å². The van der Waals surface area contributed by atoms with Crippen LogP contribution >= 0.6 is 23.5 Å². The molecule has 0 fully saturated rings. The minimum Gasteiger partial charge on any atom is -0.267 e. The SMILES string of the molecule is CSC(C)(C)Cc1c(C)c(=O)n2c(=O)c(C)c(CC(C)(C)SC)n12. The molecule has 0 radical (unpaired) electrons. The molecule has 0 N–H and O–H groups in total. The molecule has 24 heavy (non-hydrogen) atoms. The van der Waals surface area contributed by atoms with Crippen molar-refractivity contribution in [2.75, 3.05) is 12.5 Å². The molecule has 0 aliphatic heterocycles. The Morgan fingerprint density at radius 2 is 1.08 bits per heavy atom. The van der Waals surface area contributed by atoms with E-state index in [-0.39, 0.29) is 20.6 Å². The van der Waals surface area contributed by atoms with Crippen LogP contribution in [0.5, 0.6) is 0 Å². The molecule has 0 bridgehead atoms. The molecule has 0 amide bonds. The maximum Gasteiger partial charge on any atom is 0.277 e. The molecule has 0 saturated heterocycles. The van der Waals surface area contributed by atoms with E-state index in [4.69, 9.17) is 0 Å². The fraction of sp³-hybridized carbons (Fsp3) is 0.667. The van der Waals surface area contributed by atoms with E-state index in [1.807, 2.05) is 18.4 Å². The van der Waals surface area contributed by atoms with E-state index in [1.165, 1.54) is 4.52 Å². The molecule has 2 aromatic heterocycles. The third-order valence-electron chi connectivity index (χ3n) is 4.89. The van der Waals surface area contributed by atoms with Crippen LogP contribution in [-0.2, 0) is 12.8 Å². The highest BCUT2D eigenvalue weighted by Gasteiger charge is 2.29. The molecule has 134 valence electrons. The molecular weight excluding hydrogens is 340 g/mol. The second-order valence-electron chi connectivity index (χ2n) is 7.66. The minimum atomic E-state index is -0.178. The van der Waals surface area contributed by atoms with Gasteiger partial charge in [0.15, 0.2) is 0 Å². The molecule has 4 nitrogen and oxygen atoms in total. The van der Waals surface area contributed by atoms with Crippen LogP contribution in [-0.4, -0.2) is 31.0 Å². The summed E-state index contributed by atoms with van der Waals surface area (Å²) in [5.41, 5.74) is 2.97. The Morgan fingerprint density at radius 1 is 0.750 bits per heavy atom. The van der Waals surface area contributed by atoms with E-state index in [2.05, 4.69) is 40.2 Å². The van der Waals surface area contributed by atoms with Gasteiger partial charge in [0.25, 0.3) is 11.1 Å². The van der Waals surface area contributed by atoms with Crippen molar-refractivity contribution in [1.82, 2.24) is 9.03 Å². The predicted octanol–water partition coefficient (Wildman–Crippen LogP) is 3.18. The van der Waals surface area contributed by atoms with Gasteiger partial charge in [-0.2, -0.15) is 28.0 Å². The van der Waals surface area contributed by atoms with Crippen LogP contribution in [0.25, 0.3) is 0 Å². The average Bonchev–Trinajstić information content (AvgIpc) is 2.89. The van der Waals surface area contributed by atoms with Crippen molar-refractivity contribution >= 4 is 23.5 Å². The van der Waals surface area contributed by atoms with Crippen LogP contribution in [0.1, 0.15) is 50.2 Å². The summed E-state index contributed by atoms with van der Waals surface area (Å²) in [5.74, 6) is 0. The number of hydrogen-bond acceptors (Lipinski definition) is 4. The molecule has 0 unspecified atom stereocenters. The highest BCUT2D eigenvalue weighted by atomic mass is 32.2. The van der Waals surface area contributed by atoms with Gasteiger partial charge in [-0.1, -0.05) is 27.7 Å². The monoisotopic (exact) mass is 368 g/mol. The first-order valence-electron chi connectivity index (χ1n) is 8.14. The quantitative estimate of drug-likeness (QED) is 0.785. The normalized spacial score (nSPS) is 13.2. The Balaban J connectivity index is 2.80. The topological polar surface area (TPSA) is 43.0 Å². The van der Waals surface area contributed by atoms with Gasteiger partial charge in [-0.3, -0.25) is 14.1 Å². The van der Waals surface area contributed by atoms with E-state index in [0.29, 0.717) is 11.1 Å². The second-order valence-corrected chi connectivity index (χ2v) is 10.7. The molecule has 0 aliphatic carbocycles. The van der Waals surface area contributed by atoms with Gasteiger partial charge in [0.1, 0.15) is 0 Å². The largest absolute Gasteiger partial charge is 0.277 e. The molecule has 2 rings (SSSR count). The molecule has 0 aliphatic rings. The van der Waals surface area contributed by atoms with Crippen LogP contribution in [0.3, 0.4) is 0 Å². The van der Waals surface area contributed by atoms with Gasteiger partial charge in [0, 0.05) is 33.5 Å². The van der Waals surface area contributed by atoms with Crippen molar-refractivity contribution < 1.29 is 0 Å². The second kappa shape index (κ2) is 6.45. The highest BCUT2D eigenvalue weighted by molar-refractivity contribution is 8.00. The first-order chi connectivity index (χ1) is 11.0. The summed E-state index contributed by atoms with van der Waals surface area (Å²) in [5, 5.41) is 0. The Kier molecular flexibility index (Phi) is 5.22. The minimum absolute atomic E-state index is 0.00651. The lowest BCUT2D eigenvalue weighted by atomic mass is 10.0. The average molecular weight is 369 g/mol. The standard InChI is InChI=1S/C18H28N2O2S2/c1-11-13(9-17(3,4)23-7)19-14(10-18(5,6)24-8)12(2)16(22)20(19)15(11)21/h9-10H2,1-8H3. The third-order valence-corrected chi connectivity index (χ3v) is 7.39. The van der Waals surface area contributed by atoms with E-state index in [0.717, 1.165) is 24.2 Å². The number of aromatic nitrogens is 2. The number of hydrogen-bond donors (Lipinski definition) is 0. The molecule has 0 atom stereocenters. The maximum atomic E-state index is 12.7. The van der Waals surface area contributed by atoms with Gasteiger partial charge >= 0.3 is 0 Å². The summed E-state index contributed by atoms with van der Waals surface area (Å²) in [4.78, 5) is 25.3. The molecule has 6 heteroatoms. The Bertz CT molecular complexity index is 795. The van der Waals surface area contributed by atoms with Crippen LogP contribution in [0.15, 0.2) is 9.59 Å². The molecule has 2 heterocycles. The highest BCUT2D eigenvalue weighted by Crippen LogP contribution is 2.30. The predicted molar refractivity (Wildman–Crippen MR) is 107 cm³/mol. The fourth-order valence-electron chi connectivity index (χ4n) is 2.93. The number of fused-ring (bicyclic) bond motifs is 1. The number of nitrogens with zero attached hydrogens (tertiary/aromatic N) is 2. The van der Waals surface area contributed by atoms with E-state index >= 15 is 0 Å². The first-order valence-corrected chi connectivity index (χ1v) is 10.6. The summed E-state index contributed by atoms with van der Waals surface area (Å²) in [6.07, 6.45) is 5.68. The molecule has 0 saturated carbocycles. The zero-order valence-corrected chi connectivity index (χ0v) is 17.6. The molecular formula is C18H28N2O2S2. The van der Waals surface area contributed by atoms with Crippen molar-refractivity contribution in [3.63, 3.8) is 0 Å². The summed E-state index contributed by atoms with van der Waals surface area (Å²) in [6, 6.07) is 0. The smallest absolute Gasteiger partial charge is 0.267 e. The van der Waals surface area contributed by atoms with Gasteiger partial charge in [0.2, 0.25) is 0 Å². The van der Waals surface area contributed by atoms with Crippen LogP contribution in [0, 0.1) is 13.8 Å². The molecule has 0 spiro atoms. The summed E-state index contributed by atoms with van der Waals surface area (Å²) in [6.45, 7) is 12.4. The zero-order valence-electron chi connectivity index (χ0n) is 15.9. The van der Waals surface area contributed by atoms with E-state index < -0.39 is 0 Å². The van der Waals surface area contributed by atoms with Gasteiger partial charge < -0.3 is 0 Å². The van der Waals surface area contributed by atoms with E-state index in [9.17, 15) is 9.59 Å². The van der Waals surface area contributed by atoms with Crippen LogP contribution < -0.4 is 11.1 Å². The lowest BCUT2D eigenvalue weighted by molar-refractivity contribution is 0.623. The van der Waals surface area contributed by atoms with Crippen molar-refractivity contribution in [3.8, 4) is 0 Å². The summed E-state index contributed by atoms with van der Waals surface area (Å²) in [7, 11) is 0. The first kappa shape index (κ1) is 19.4. The van der Waals surface area contributed by atoms with Crippen LogP contribution in [0.2, 0.25) is 0 Å². The number of thioether (sulfide) groups is 2. The Morgan fingerprint density at radius 3 is 1.38 bits per heavy atom. The Hall–Kier alpha value is -0.880. The fourth-order valence-corrected chi connectivity index (χ4v) is 3.49. The lowest BCUT2D eigenvalue weighted by Crippen LogP contribution is -2.23. The van der Waals surface area contributed by atoms with Gasteiger partial charge in [0.05, 0.1) is 11.4 Å². The van der Waals surface area contributed by atoms with Gasteiger partial charge in [-0.25, -0.2) is 0 Å². The summed E-state index contributed by atoms with van der Waals surface area (Å²) >= 11 is 3.55. The van der Waals surface area contributed by atoms with Crippen molar-refractivity contribution in [2.45, 2.75) is 63.9 Å². The van der Waals surface area contributed by atoms with Gasteiger partial charge in [-0.15, -0.1) is 0 Å². The molecule has 0 aromatic carbocycles. The number of rotatable bonds is 6. The summed E-state index contributed by atoms with van der Waals surface area (Å²) < 4.78 is 3.26.